The summed E-state index contributed by atoms with van der Waals surface area (Å²) in [4.78, 5) is 4.65. The van der Waals surface area contributed by atoms with Gasteiger partial charge in [-0.15, -0.1) is 0 Å². The third kappa shape index (κ3) is 1.51. The van der Waals surface area contributed by atoms with Gasteiger partial charge in [0.05, 0.1) is 10.7 Å². The Kier molecular flexibility index (Phi) is 2.61. The van der Waals surface area contributed by atoms with Crippen LogP contribution in [0.5, 0.6) is 0 Å². The van der Waals surface area contributed by atoms with Crippen molar-refractivity contribution in [3.05, 3.63) is 0 Å². The van der Waals surface area contributed by atoms with Gasteiger partial charge < -0.3 is 0 Å². The standard InChI is InChI=1S/C16H25NS/c1-14(2)11-6-9-15(3)7-5-8-16(4,17-10-18)13(15)12(11)14/h11-13H,5-9H2,1-4H3/t11-,12-,13+,15+,16+/m0/s1. The molecule has 0 radical (unpaired) electrons. The molecule has 18 heavy (non-hydrogen) atoms. The van der Waals surface area contributed by atoms with Crippen LogP contribution >= 0.6 is 12.2 Å². The molecular weight excluding hydrogens is 238 g/mol. The molecule has 3 saturated carbocycles. The number of nitrogens with zero attached hydrogens (tertiary/aromatic N) is 1. The molecule has 0 spiro atoms. The molecule has 0 aromatic heterocycles. The number of rotatable bonds is 1. The van der Waals surface area contributed by atoms with Crippen LogP contribution in [0.15, 0.2) is 4.99 Å². The van der Waals surface area contributed by atoms with Crippen molar-refractivity contribution < 1.29 is 0 Å². The summed E-state index contributed by atoms with van der Waals surface area (Å²) < 4.78 is 0. The molecule has 0 aromatic carbocycles. The van der Waals surface area contributed by atoms with E-state index in [1.165, 1.54) is 32.1 Å². The summed E-state index contributed by atoms with van der Waals surface area (Å²) >= 11 is 4.93. The molecule has 0 saturated heterocycles. The molecule has 0 bridgehead atoms. The van der Waals surface area contributed by atoms with Gasteiger partial charge in [0.25, 0.3) is 0 Å². The van der Waals surface area contributed by atoms with E-state index in [1.807, 2.05) is 0 Å². The van der Waals surface area contributed by atoms with E-state index in [0.717, 1.165) is 17.8 Å². The Morgan fingerprint density at radius 1 is 1.11 bits per heavy atom. The number of fused-ring (bicyclic) bond motifs is 3. The first kappa shape index (κ1) is 12.8. The zero-order valence-electron chi connectivity index (χ0n) is 12.1. The predicted octanol–water partition coefficient (Wildman–Crippen LogP) is 4.72. The second kappa shape index (κ2) is 3.67. The topological polar surface area (TPSA) is 12.4 Å². The van der Waals surface area contributed by atoms with E-state index in [0.29, 0.717) is 10.8 Å². The van der Waals surface area contributed by atoms with Gasteiger partial charge in [-0.1, -0.05) is 27.2 Å². The summed E-state index contributed by atoms with van der Waals surface area (Å²) in [7, 11) is 0. The van der Waals surface area contributed by atoms with Crippen molar-refractivity contribution in [1.29, 1.82) is 0 Å². The quantitative estimate of drug-likeness (QED) is 0.492. The zero-order valence-corrected chi connectivity index (χ0v) is 12.9. The molecule has 0 N–H and O–H groups in total. The lowest BCUT2D eigenvalue weighted by molar-refractivity contribution is -0.00530. The first-order valence-corrected chi connectivity index (χ1v) is 7.85. The maximum Gasteiger partial charge on any atom is 0.0719 e. The maximum atomic E-state index is 4.93. The molecule has 100 valence electrons. The largest absolute Gasteiger partial charge is 0.226 e. The van der Waals surface area contributed by atoms with Crippen LogP contribution in [0.4, 0.5) is 0 Å². The van der Waals surface area contributed by atoms with E-state index < -0.39 is 0 Å². The normalized spacial score (nSPS) is 52.8. The van der Waals surface area contributed by atoms with E-state index in [1.54, 1.807) is 0 Å². The fraction of sp³-hybridized carbons (Fsp3) is 0.938. The highest BCUT2D eigenvalue weighted by atomic mass is 32.1. The number of aliphatic imine (C=N–C) groups is 1. The van der Waals surface area contributed by atoms with E-state index in [9.17, 15) is 0 Å². The van der Waals surface area contributed by atoms with Crippen molar-refractivity contribution in [2.24, 2.45) is 33.6 Å². The van der Waals surface area contributed by atoms with Gasteiger partial charge in [0, 0.05) is 0 Å². The first-order valence-electron chi connectivity index (χ1n) is 7.44. The summed E-state index contributed by atoms with van der Waals surface area (Å²) in [6, 6.07) is 0. The molecule has 3 aliphatic rings. The molecule has 2 heteroatoms. The molecule has 3 rings (SSSR count). The van der Waals surface area contributed by atoms with Gasteiger partial charge in [-0.25, -0.2) is 4.99 Å². The summed E-state index contributed by atoms with van der Waals surface area (Å²) in [5, 5.41) is 2.70. The minimum Gasteiger partial charge on any atom is -0.226 e. The Labute approximate surface area is 116 Å². The molecule has 0 aromatic rings. The Bertz CT molecular complexity index is 423. The van der Waals surface area contributed by atoms with Crippen molar-refractivity contribution >= 4 is 17.4 Å². The average molecular weight is 263 g/mol. The van der Waals surface area contributed by atoms with Gasteiger partial charge in [-0.2, -0.15) is 0 Å². The minimum atomic E-state index is 0.0614. The smallest absolute Gasteiger partial charge is 0.0719 e. The van der Waals surface area contributed by atoms with E-state index >= 15 is 0 Å². The maximum absolute atomic E-state index is 4.93. The van der Waals surface area contributed by atoms with Crippen LogP contribution in [0.1, 0.15) is 59.8 Å². The van der Waals surface area contributed by atoms with Gasteiger partial charge in [0.1, 0.15) is 0 Å². The highest BCUT2D eigenvalue weighted by Crippen LogP contribution is 2.74. The highest BCUT2D eigenvalue weighted by molar-refractivity contribution is 7.78. The zero-order chi connectivity index (χ0) is 13.2. The third-order valence-electron chi connectivity index (χ3n) is 6.68. The number of hydrogen-bond donors (Lipinski definition) is 0. The Morgan fingerprint density at radius 2 is 1.83 bits per heavy atom. The summed E-state index contributed by atoms with van der Waals surface area (Å²) in [5.41, 5.74) is 1.10. The SMILES string of the molecule is CC1(C)[C@@H]2[C@@H]3[C@](C)(CCC[C@@]3(C)N=C=S)CC[C@@H]21. The summed E-state index contributed by atoms with van der Waals surface area (Å²) in [6.07, 6.45) is 6.73. The van der Waals surface area contributed by atoms with Gasteiger partial charge >= 0.3 is 0 Å². The number of isothiocyanates is 1. The highest BCUT2D eigenvalue weighted by Gasteiger charge is 2.70. The fourth-order valence-corrected chi connectivity index (χ4v) is 5.94. The van der Waals surface area contributed by atoms with Gasteiger partial charge in [0.15, 0.2) is 0 Å². The van der Waals surface area contributed by atoms with Crippen molar-refractivity contribution in [1.82, 2.24) is 0 Å². The van der Waals surface area contributed by atoms with Crippen LogP contribution in [0.25, 0.3) is 0 Å². The Morgan fingerprint density at radius 3 is 2.50 bits per heavy atom. The van der Waals surface area contributed by atoms with Crippen LogP contribution in [0.3, 0.4) is 0 Å². The van der Waals surface area contributed by atoms with E-state index in [4.69, 9.17) is 12.2 Å². The van der Waals surface area contributed by atoms with Crippen molar-refractivity contribution in [3.8, 4) is 0 Å². The molecule has 3 fully saturated rings. The van der Waals surface area contributed by atoms with Crippen LogP contribution < -0.4 is 0 Å². The lowest BCUT2D eigenvalue weighted by atomic mass is 9.54. The fourth-order valence-electron chi connectivity index (χ4n) is 5.73. The first-order chi connectivity index (χ1) is 8.35. The van der Waals surface area contributed by atoms with Crippen LogP contribution in [0.2, 0.25) is 0 Å². The van der Waals surface area contributed by atoms with E-state index in [2.05, 4.69) is 37.8 Å². The van der Waals surface area contributed by atoms with Gasteiger partial charge in [-0.3, -0.25) is 0 Å². The molecule has 0 aliphatic heterocycles. The van der Waals surface area contributed by atoms with Crippen molar-refractivity contribution in [3.63, 3.8) is 0 Å². The summed E-state index contributed by atoms with van der Waals surface area (Å²) in [6.45, 7) is 9.78. The molecular formula is C16H25NS. The second-order valence-corrected chi connectivity index (χ2v) is 8.22. The second-order valence-electron chi connectivity index (χ2n) is 8.04. The Hall–Kier alpha value is -0.200. The molecule has 5 atom stereocenters. The molecule has 0 amide bonds. The van der Waals surface area contributed by atoms with Crippen molar-refractivity contribution in [2.75, 3.05) is 0 Å². The summed E-state index contributed by atoms with van der Waals surface area (Å²) in [5.74, 6) is 2.53. The molecule has 3 aliphatic carbocycles. The van der Waals surface area contributed by atoms with E-state index in [-0.39, 0.29) is 5.54 Å². The molecule has 0 unspecified atom stereocenters. The monoisotopic (exact) mass is 263 g/mol. The lowest BCUT2D eigenvalue weighted by Crippen LogP contribution is -2.50. The van der Waals surface area contributed by atoms with Crippen molar-refractivity contribution in [2.45, 2.75) is 65.3 Å². The molecule has 1 nitrogen and oxygen atoms in total. The predicted molar refractivity (Wildman–Crippen MR) is 78.9 cm³/mol. The number of thiocarbonyl (C=S) groups is 1. The third-order valence-corrected chi connectivity index (χ3v) is 6.77. The average Bonchev–Trinajstić information content (AvgIpc) is 2.80. The Balaban J connectivity index is 2.03. The lowest BCUT2D eigenvalue weighted by Gasteiger charge is -2.53. The van der Waals surface area contributed by atoms with Gasteiger partial charge in [-0.05, 0) is 73.4 Å². The van der Waals surface area contributed by atoms with Gasteiger partial charge in [0.2, 0.25) is 0 Å². The molecule has 0 heterocycles. The van der Waals surface area contributed by atoms with Crippen LogP contribution in [-0.4, -0.2) is 10.7 Å². The number of hydrogen-bond acceptors (Lipinski definition) is 2. The van der Waals surface area contributed by atoms with Crippen LogP contribution in [0, 0.1) is 28.6 Å². The minimum absolute atomic E-state index is 0.0614. The van der Waals surface area contributed by atoms with Crippen LogP contribution in [-0.2, 0) is 0 Å².